The molecule has 1 aliphatic heterocycles. The van der Waals surface area contributed by atoms with Gasteiger partial charge in [-0.3, -0.25) is 9.59 Å². The van der Waals surface area contributed by atoms with Crippen molar-refractivity contribution in [3.8, 4) is 0 Å². The second kappa shape index (κ2) is 8.53. The molecule has 150 valence electrons. The summed E-state index contributed by atoms with van der Waals surface area (Å²) in [6, 6.07) is 10.9. The SMILES string of the molecule is O=C(Nc1ccnn1Cc1ccc(Cl)cc1)C1CCCN(C(=O)c2ccoc2)C1. The fourth-order valence-corrected chi connectivity index (χ4v) is 3.63. The number of nitrogens with one attached hydrogen (secondary N) is 1. The number of likely N-dealkylation sites (tertiary alicyclic amines) is 1. The largest absolute Gasteiger partial charge is 0.472 e. The molecular weight excluding hydrogens is 392 g/mol. The van der Waals surface area contributed by atoms with Gasteiger partial charge in [-0.05, 0) is 36.6 Å². The Balaban J connectivity index is 1.40. The Morgan fingerprint density at radius 2 is 2.03 bits per heavy atom. The van der Waals surface area contributed by atoms with Crippen molar-refractivity contribution in [2.75, 3.05) is 18.4 Å². The van der Waals surface area contributed by atoms with E-state index in [-0.39, 0.29) is 17.7 Å². The molecule has 1 atom stereocenters. The Hall–Kier alpha value is -3.06. The molecule has 7 nitrogen and oxygen atoms in total. The van der Waals surface area contributed by atoms with E-state index in [1.54, 1.807) is 27.9 Å². The van der Waals surface area contributed by atoms with Crippen LogP contribution in [0.5, 0.6) is 0 Å². The zero-order valence-electron chi connectivity index (χ0n) is 15.8. The van der Waals surface area contributed by atoms with Crippen LogP contribution in [0.2, 0.25) is 5.02 Å². The highest BCUT2D eigenvalue weighted by Gasteiger charge is 2.29. The number of anilines is 1. The van der Waals surface area contributed by atoms with E-state index >= 15 is 0 Å². The number of carbonyl (C=O) groups excluding carboxylic acids is 2. The number of piperidine rings is 1. The minimum atomic E-state index is -0.265. The first-order chi connectivity index (χ1) is 14.1. The molecular formula is C21H21ClN4O3. The number of nitrogens with zero attached hydrogens (tertiary/aromatic N) is 3. The molecule has 0 radical (unpaired) electrons. The molecule has 1 unspecified atom stereocenters. The van der Waals surface area contributed by atoms with Gasteiger partial charge < -0.3 is 14.6 Å². The maximum atomic E-state index is 12.8. The van der Waals surface area contributed by atoms with Crippen molar-refractivity contribution in [3.63, 3.8) is 0 Å². The molecule has 1 N–H and O–H groups in total. The molecule has 0 bridgehead atoms. The van der Waals surface area contributed by atoms with Gasteiger partial charge in [0.05, 0.1) is 30.5 Å². The van der Waals surface area contributed by atoms with E-state index in [1.165, 1.54) is 12.5 Å². The van der Waals surface area contributed by atoms with Crippen molar-refractivity contribution in [3.05, 3.63) is 71.3 Å². The number of benzene rings is 1. The molecule has 4 rings (SSSR count). The standard InChI is InChI=1S/C21H21ClN4O3/c22-18-5-3-15(4-6-18)12-26-19(7-9-23-26)24-20(27)16-2-1-10-25(13-16)21(28)17-8-11-29-14-17/h3-9,11,14,16H,1-2,10,12-13H2,(H,24,27). The average Bonchev–Trinajstić information content (AvgIpc) is 3.42. The van der Waals surface area contributed by atoms with Crippen LogP contribution in [0.1, 0.15) is 28.8 Å². The number of hydrogen-bond donors (Lipinski definition) is 1. The van der Waals surface area contributed by atoms with Crippen LogP contribution in [0.15, 0.2) is 59.5 Å². The van der Waals surface area contributed by atoms with E-state index in [9.17, 15) is 9.59 Å². The Morgan fingerprint density at radius 1 is 1.21 bits per heavy atom. The third-order valence-corrected chi connectivity index (χ3v) is 5.31. The second-order valence-electron chi connectivity index (χ2n) is 7.09. The van der Waals surface area contributed by atoms with Gasteiger partial charge in [0.25, 0.3) is 5.91 Å². The lowest BCUT2D eigenvalue weighted by atomic mass is 9.96. The van der Waals surface area contributed by atoms with Crippen LogP contribution in [0.25, 0.3) is 0 Å². The number of amides is 2. The summed E-state index contributed by atoms with van der Waals surface area (Å²) >= 11 is 5.93. The van der Waals surface area contributed by atoms with Gasteiger partial charge >= 0.3 is 0 Å². The summed E-state index contributed by atoms with van der Waals surface area (Å²) in [5, 5.41) is 7.94. The van der Waals surface area contributed by atoms with Gasteiger partial charge in [-0.1, -0.05) is 23.7 Å². The van der Waals surface area contributed by atoms with Gasteiger partial charge in [0.15, 0.2) is 0 Å². The summed E-state index contributed by atoms with van der Waals surface area (Å²) in [7, 11) is 0. The molecule has 29 heavy (non-hydrogen) atoms. The highest BCUT2D eigenvalue weighted by atomic mass is 35.5. The summed E-state index contributed by atoms with van der Waals surface area (Å²) in [6.07, 6.45) is 6.09. The van der Waals surface area contributed by atoms with Crippen LogP contribution in [0.3, 0.4) is 0 Å². The minimum Gasteiger partial charge on any atom is -0.472 e. The summed E-state index contributed by atoms with van der Waals surface area (Å²) in [5.74, 6) is 0.151. The molecule has 0 spiro atoms. The van der Waals surface area contributed by atoms with E-state index in [0.29, 0.717) is 36.0 Å². The zero-order valence-corrected chi connectivity index (χ0v) is 16.5. The van der Waals surface area contributed by atoms with Crippen LogP contribution in [0, 0.1) is 5.92 Å². The number of carbonyl (C=O) groups is 2. The molecule has 1 fully saturated rings. The first-order valence-corrected chi connectivity index (χ1v) is 9.86. The molecule has 1 saturated heterocycles. The van der Waals surface area contributed by atoms with Crippen molar-refractivity contribution in [2.24, 2.45) is 5.92 Å². The van der Waals surface area contributed by atoms with Crippen LogP contribution < -0.4 is 5.32 Å². The third-order valence-electron chi connectivity index (χ3n) is 5.06. The first kappa shape index (κ1) is 19.3. The maximum Gasteiger partial charge on any atom is 0.257 e. The molecule has 3 heterocycles. The highest BCUT2D eigenvalue weighted by Crippen LogP contribution is 2.21. The van der Waals surface area contributed by atoms with Crippen LogP contribution in [0.4, 0.5) is 5.82 Å². The molecule has 1 aromatic carbocycles. The molecule has 0 saturated carbocycles. The summed E-state index contributed by atoms with van der Waals surface area (Å²) in [6.45, 7) is 1.55. The maximum absolute atomic E-state index is 12.8. The van der Waals surface area contributed by atoms with Crippen molar-refractivity contribution in [1.29, 1.82) is 0 Å². The minimum absolute atomic E-state index is 0.104. The Bertz CT molecular complexity index is 982. The Kier molecular flexibility index (Phi) is 5.67. The van der Waals surface area contributed by atoms with E-state index in [1.807, 2.05) is 24.3 Å². The van der Waals surface area contributed by atoms with E-state index in [0.717, 1.165) is 18.4 Å². The van der Waals surface area contributed by atoms with Gasteiger partial charge in [0.1, 0.15) is 12.1 Å². The van der Waals surface area contributed by atoms with E-state index in [2.05, 4.69) is 10.4 Å². The quantitative estimate of drug-likeness (QED) is 0.693. The lowest BCUT2D eigenvalue weighted by Crippen LogP contribution is -2.43. The lowest BCUT2D eigenvalue weighted by molar-refractivity contribution is -0.121. The van der Waals surface area contributed by atoms with E-state index in [4.69, 9.17) is 16.0 Å². The zero-order chi connectivity index (χ0) is 20.2. The fourth-order valence-electron chi connectivity index (χ4n) is 3.50. The molecule has 1 aliphatic rings. The van der Waals surface area contributed by atoms with Crippen molar-refractivity contribution in [1.82, 2.24) is 14.7 Å². The lowest BCUT2D eigenvalue weighted by Gasteiger charge is -2.31. The monoisotopic (exact) mass is 412 g/mol. The van der Waals surface area contributed by atoms with Gasteiger partial charge in [0, 0.05) is 24.2 Å². The Labute approximate surface area is 173 Å². The second-order valence-corrected chi connectivity index (χ2v) is 7.53. The van der Waals surface area contributed by atoms with Gasteiger partial charge in [-0.15, -0.1) is 0 Å². The summed E-state index contributed by atoms with van der Waals surface area (Å²) in [4.78, 5) is 27.1. The van der Waals surface area contributed by atoms with Crippen molar-refractivity contribution < 1.29 is 14.0 Å². The predicted molar refractivity (Wildman–Crippen MR) is 109 cm³/mol. The van der Waals surface area contributed by atoms with Gasteiger partial charge in [-0.25, -0.2) is 4.68 Å². The van der Waals surface area contributed by atoms with Crippen LogP contribution in [-0.2, 0) is 11.3 Å². The molecule has 8 heteroatoms. The third kappa shape index (κ3) is 4.51. The smallest absolute Gasteiger partial charge is 0.257 e. The number of halogens is 1. The number of furan rings is 1. The van der Waals surface area contributed by atoms with E-state index < -0.39 is 0 Å². The number of rotatable bonds is 5. The molecule has 0 aliphatic carbocycles. The van der Waals surface area contributed by atoms with Crippen LogP contribution in [-0.4, -0.2) is 39.6 Å². The molecule has 2 amide bonds. The van der Waals surface area contributed by atoms with Crippen molar-refractivity contribution >= 4 is 29.2 Å². The Morgan fingerprint density at radius 3 is 2.79 bits per heavy atom. The first-order valence-electron chi connectivity index (χ1n) is 9.49. The summed E-state index contributed by atoms with van der Waals surface area (Å²) < 4.78 is 6.73. The van der Waals surface area contributed by atoms with Gasteiger partial charge in [-0.2, -0.15) is 5.10 Å². The fraction of sp³-hybridized carbons (Fsp3) is 0.286. The number of hydrogen-bond acceptors (Lipinski definition) is 4. The number of aromatic nitrogens is 2. The topological polar surface area (TPSA) is 80.4 Å². The average molecular weight is 413 g/mol. The van der Waals surface area contributed by atoms with Gasteiger partial charge in [0.2, 0.25) is 5.91 Å². The molecule has 3 aromatic rings. The predicted octanol–water partition coefficient (Wildman–Crippen LogP) is 3.67. The highest BCUT2D eigenvalue weighted by molar-refractivity contribution is 6.30. The molecule has 2 aromatic heterocycles. The van der Waals surface area contributed by atoms with Crippen molar-refractivity contribution in [2.45, 2.75) is 19.4 Å². The normalized spacial score (nSPS) is 16.6. The summed E-state index contributed by atoms with van der Waals surface area (Å²) in [5.41, 5.74) is 1.54. The van der Waals surface area contributed by atoms with Crippen LogP contribution >= 0.6 is 11.6 Å².